The highest BCUT2D eigenvalue weighted by atomic mass is 16.8. The SMILES string of the molecule is C=C=O.CCC(=O)NCCN(OCC(CCCCNOCOC)NOCOC)N1C(=O)C=CC1=O.CCONC(CCCCNOCOC)CONC(CC(=O)NCCOCCN1C(=O)C=CC1=O)CN1CCC(=O)C=CC1=O. The molecule has 0 saturated heterocycles. The van der Waals surface area contributed by atoms with Crippen molar-refractivity contribution in [1.29, 1.82) is 0 Å². The second-order valence-corrected chi connectivity index (χ2v) is 16.8. The van der Waals surface area contributed by atoms with Crippen LogP contribution in [0.15, 0.2) is 43.0 Å². The lowest BCUT2D eigenvalue weighted by molar-refractivity contribution is -0.268. The summed E-state index contributed by atoms with van der Waals surface area (Å²) in [7, 11) is 4.59. The number of ether oxygens (including phenoxy) is 4. The highest BCUT2D eigenvalue weighted by Crippen LogP contribution is 2.12. The van der Waals surface area contributed by atoms with Crippen molar-refractivity contribution in [3.05, 3.63) is 43.0 Å². The van der Waals surface area contributed by atoms with Crippen molar-refractivity contribution in [3.63, 3.8) is 0 Å². The van der Waals surface area contributed by atoms with Crippen LogP contribution in [0.3, 0.4) is 0 Å². The molecule has 0 radical (unpaired) electrons. The van der Waals surface area contributed by atoms with Crippen LogP contribution in [0.2, 0.25) is 0 Å². The number of hydroxylamine groups is 6. The van der Waals surface area contributed by atoms with Crippen molar-refractivity contribution in [2.24, 2.45) is 0 Å². The van der Waals surface area contributed by atoms with Gasteiger partial charge in [0.2, 0.25) is 17.7 Å². The zero-order valence-electron chi connectivity index (χ0n) is 46.1. The van der Waals surface area contributed by atoms with Gasteiger partial charge in [0.05, 0.1) is 64.2 Å². The Bertz CT molecular complexity index is 1870. The molecule has 3 unspecified atom stereocenters. The Hall–Kier alpha value is -5.61. The fraction of sp³-hybridized carbons (Fsp3) is 0.673. The van der Waals surface area contributed by atoms with Gasteiger partial charge in [0.25, 0.3) is 23.6 Å². The van der Waals surface area contributed by atoms with E-state index in [9.17, 15) is 38.4 Å². The van der Waals surface area contributed by atoms with E-state index >= 15 is 0 Å². The maximum absolute atomic E-state index is 12.7. The molecule has 79 heavy (non-hydrogen) atoms. The van der Waals surface area contributed by atoms with E-state index in [-0.39, 0.29) is 146 Å². The van der Waals surface area contributed by atoms with Crippen molar-refractivity contribution in [2.45, 2.75) is 89.8 Å². The van der Waals surface area contributed by atoms with Crippen LogP contribution in [0.4, 0.5) is 0 Å². The minimum atomic E-state index is -0.573. The van der Waals surface area contributed by atoms with E-state index in [4.69, 9.17) is 52.8 Å². The van der Waals surface area contributed by atoms with Crippen LogP contribution in [0, 0.1) is 0 Å². The average molecular weight is 1130 g/mol. The number of carbonyl (C=O) groups is 8. The molecule has 0 aromatic heterocycles. The number of amides is 7. The Morgan fingerprint density at radius 2 is 1.19 bits per heavy atom. The summed E-state index contributed by atoms with van der Waals surface area (Å²) in [5, 5.41) is 7.50. The Balaban J connectivity index is 0.000000787. The number of rotatable bonds is 45. The molecule has 0 spiro atoms. The summed E-state index contributed by atoms with van der Waals surface area (Å²) in [5.41, 5.74) is 14.4. The zero-order valence-corrected chi connectivity index (χ0v) is 46.1. The van der Waals surface area contributed by atoms with Crippen LogP contribution in [0.5, 0.6) is 0 Å². The highest BCUT2D eigenvalue weighted by Gasteiger charge is 2.31. The quantitative estimate of drug-likeness (QED) is 0.0117. The fourth-order valence-electron chi connectivity index (χ4n) is 6.75. The van der Waals surface area contributed by atoms with Gasteiger partial charge in [0, 0.05) is 110 Å². The fourth-order valence-corrected chi connectivity index (χ4v) is 6.75. The van der Waals surface area contributed by atoms with E-state index in [1.54, 1.807) is 21.1 Å². The molecular formula is C49H83N11O19. The second kappa shape index (κ2) is 47.2. The summed E-state index contributed by atoms with van der Waals surface area (Å²) >= 11 is 0. The minimum Gasteiger partial charge on any atom is -0.378 e. The predicted octanol–water partition coefficient (Wildman–Crippen LogP) is -1.73. The summed E-state index contributed by atoms with van der Waals surface area (Å²) in [6.45, 7) is 10.1. The summed E-state index contributed by atoms with van der Waals surface area (Å²) in [6.07, 6.45) is 12.5. The van der Waals surface area contributed by atoms with Crippen LogP contribution >= 0.6 is 0 Å². The number of nitrogens with zero attached hydrogens (tertiary/aromatic N) is 4. The molecule has 30 heteroatoms. The summed E-state index contributed by atoms with van der Waals surface area (Å²) in [6, 6.07) is -0.967. The number of hydrazine groups is 1. The number of hydrogen-bond acceptors (Lipinski definition) is 25. The van der Waals surface area contributed by atoms with Gasteiger partial charge in [-0.15, -0.1) is 0 Å². The number of ketones is 1. The van der Waals surface area contributed by atoms with Gasteiger partial charge in [-0.1, -0.05) is 24.9 Å². The smallest absolute Gasteiger partial charge is 0.270 e. The van der Waals surface area contributed by atoms with Gasteiger partial charge in [-0.05, 0) is 45.3 Å². The normalized spacial score (nSPS) is 15.2. The molecule has 0 aromatic rings. The number of allylic oxidation sites excluding steroid dienone is 1. The van der Waals surface area contributed by atoms with Gasteiger partial charge in [-0.25, -0.2) is 4.79 Å². The molecule has 0 aromatic carbocycles. The van der Waals surface area contributed by atoms with E-state index in [2.05, 4.69) is 44.6 Å². The molecule has 3 aliphatic rings. The van der Waals surface area contributed by atoms with Gasteiger partial charge in [-0.2, -0.15) is 32.4 Å². The number of nitrogens with one attached hydrogen (secondary N) is 7. The Kier molecular flexibility index (Phi) is 42.7. The van der Waals surface area contributed by atoms with Gasteiger partial charge >= 0.3 is 0 Å². The van der Waals surface area contributed by atoms with Crippen LogP contribution in [0.1, 0.15) is 71.6 Å². The minimum absolute atomic E-state index is 0.0133. The maximum atomic E-state index is 12.7. The van der Waals surface area contributed by atoms with Crippen LogP contribution in [-0.2, 0) is 91.1 Å². The topological polar surface area (TPSA) is 343 Å². The number of unbranched alkanes of at least 4 members (excludes halogenated alkanes) is 2. The first-order valence-electron chi connectivity index (χ1n) is 25.8. The van der Waals surface area contributed by atoms with Crippen molar-refractivity contribution in [1.82, 2.24) is 58.0 Å². The number of methoxy groups -OCH3 is 3. The van der Waals surface area contributed by atoms with Crippen LogP contribution < -0.4 is 38.0 Å². The Morgan fingerprint density at radius 3 is 1.78 bits per heavy atom. The number of imide groups is 2. The molecule has 3 aliphatic heterocycles. The average Bonchev–Trinajstić information content (AvgIpc) is 3.90. The van der Waals surface area contributed by atoms with E-state index in [1.807, 2.05) is 6.92 Å². The van der Waals surface area contributed by atoms with Crippen molar-refractivity contribution in [3.8, 4) is 0 Å². The Morgan fingerprint density at radius 1 is 0.646 bits per heavy atom. The first kappa shape index (κ1) is 71.4. The lowest BCUT2D eigenvalue weighted by Crippen LogP contribution is -2.50. The summed E-state index contributed by atoms with van der Waals surface area (Å²) < 4.78 is 19.9. The van der Waals surface area contributed by atoms with Crippen LogP contribution in [-0.4, -0.2) is 218 Å². The monoisotopic (exact) mass is 1130 g/mol. The molecule has 7 amide bonds. The van der Waals surface area contributed by atoms with Crippen LogP contribution in [0.25, 0.3) is 0 Å². The molecule has 30 nitrogen and oxygen atoms in total. The van der Waals surface area contributed by atoms with Crippen molar-refractivity contribution in [2.75, 3.05) is 127 Å². The van der Waals surface area contributed by atoms with Gasteiger partial charge in [0.1, 0.15) is 5.94 Å². The molecule has 448 valence electrons. The lowest BCUT2D eigenvalue weighted by Gasteiger charge is -2.30. The largest absolute Gasteiger partial charge is 0.378 e. The van der Waals surface area contributed by atoms with E-state index in [0.717, 1.165) is 47.2 Å². The molecule has 7 N–H and O–H groups in total. The lowest BCUT2D eigenvalue weighted by atomic mass is 10.1. The second-order valence-electron chi connectivity index (χ2n) is 16.8. The predicted molar refractivity (Wildman–Crippen MR) is 279 cm³/mol. The summed E-state index contributed by atoms with van der Waals surface area (Å²) in [4.78, 5) is 139. The van der Waals surface area contributed by atoms with E-state index < -0.39 is 17.9 Å². The van der Waals surface area contributed by atoms with Gasteiger partial charge in [-0.3, -0.25) is 67.4 Å². The molecule has 3 rings (SSSR count). The third-order valence-corrected chi connectivity index (χ3v) is 10.6. The number of carbonyl (C=O) groups excluding carboxylic acids is 9. The molecule has 0 bridgehead atoms. The third-order valence-electron chi connectivity index (χ3n) is 10.6. The van der Waals surface area contributed by atoms with Crippen molar-refractivity contribution >= 4 is 53.1 Å². The zero-order chi connectivity index (χ0) is 58.3. The van der Waals surface area contributed by atoms with E-state index in [1.165, 1.54) is 54.4 Å². The molecule has 0 saturated carbocycles. The molecule has 0 fully saturated rings. The van der Waals surface area contributed by atoms with Gasteiger partial charge in [0.15, 0.2) is 26.2 Å². The first-order chi connectivity index (χ1) is 38.3. The summed E-state index contributed by atoms with van der Waals surface area (Å²) in [5.74, 6) is -1.44. The molecule has 0 aliphatic carbocycles. The van der Waals surface area contributed by atoms with E-state index in [0.29, 0.717) is 32.5 Å². The maximum Gasteiger partial charge on any atom is 0.270 e. The molecule has 3 atom stereocenters. The van der Waals surface area contributed by atoms with Gasteiger partial charge < -0.3 is 39.3 Å². The Labute approximate surface area is 461 Å². The molecule has 3 heterocycles. The highest BCUT2D eigenvalue weighted by molar-refractivity contribution is 6.13. The molecular weight excluding hydrogens is 1050 g/mol. The van der Waals surface area contributed by atoms with Crippen molar-refractivity contribution < 1.29 is 91.1 Å². The first-order valence-corrected chi connectivity index (χ1v) is 25.8. The standard InChI is InChI=1S/C28H46N6O10.C19H35N5O8.C2H2O/c1-3-42-31-22(6-4-5-12-30-44-21-40-2)20-43-32-23(19-33-14-11-24(35)7-8-26(33)37)18-25(36)29-13-16-41-17-15-34-27(38)9-10-28(34)39;1-4-17(25)20-11-12-23(24-18(26)8-9-19(24)27)32-13-16(22-31-15-29-3)7-5-6-10-21-30-14-28-2;1-2-3/h7-10,22-23,30-32H,3-6,11-21H2,1-2H3,(H,29,36);8-9,16,21-22H,4-7,10-15H2,1-3H3,(H,20,25);1H2. The third kappa shape index (κ3) is 34.9. The number of hydrogen-bond donors (Lipinski definition) is 7.